The molecule has 1 aliphatic rings. The summed E-state index contributed by atoms with van der Waals surface area (Å²) in [5.74, 6) is -1.16. The molecule has 9 heteroatoms. The lowest BCUT2D eigenvalue weighted by Gasteiger charge is -2.29. The molecule has 2 rings (SSSR count). The van der Waals surface area contributed by atoms with Crippen molar-refractivity contribution in [1.29, 1.82) is 0 Å². The minimum absolute atomic E-state index is 0.00954. The fraction of sp³-hybridized carbons (Fsp3) is 0.700. The molecule has 106 valence electrons. The molecule has 0 radical (unpaired) electrons. The smallest absolute Gasteiger partial charge is 0.332 e. The van der Waals surface area contributed by atoms with Crippen molar-refractivity contribution in [3.8, 4) is 0 Å². The van der Waals surface area contributed by atoms with E-state index in [9.17, 15) is 18.0 Å². The van der Waals surface area contributed by atoms with Crippen molar-refractivity contribution in [1.82, 2.24) is 19.7 Å². The van der Waals surface area contributed by atoms with Crippen LogP contribution in [0.1, 0.15) is 25.0 Å². The molecule has 6 nitrogen and oxygen atoms in total. The average molecular weight is 277 g/mol. The molecule has 0 bridgehead atoms. The molecule has 19 heavy (non-hydrogen) atoms. The molecule has 0 aliphatic carbocycles. The number of nitrogens with two attached hydrogens (primary N) is 1. The van der Waals surface area contributed by atoms with Gasteiger partial charge in [0.15, 0.2) is 5.82 Å². The molecule has 1 aromatic rings. The summed E-state index contributed by atoms with van der Waals surface area (Å²) in [4.78, 5) is 13.3. The predicted octanol–water partition coefficient (Wildman–Crippen LogP) is 0.376. The average Bonchev–Trinajstić information content (AvgIpc) is 2.79. The maximum absolute atomic E-state index is 12.6. The zero-order valence-electron chi connectivity index (χ0n) is 10.3. The van der Waals surface area contributed by atoms with Crippen LogP contribution in [0.15, 0.2) is 0 Å². The van der Waals surface area contributed by atoms with Crippen molar-refractivity contribution in [3.63, 3.8) is 0 Å². The molecule has 2 heterocycles. The molecule has 0 saturated carbocycles. The van der Waals surface area contributed by atoms with Crippen LogP contribution >= 0.6 is 0 Å². The number of halogens is 3. The summed E-state index contributed by atoms with van der Waals surface area (Å²) >= 11 is 0. The maximum atomic E-state index is 12.6. The molecule has 0 spiro atoms. The van der Waals surface area contributed by atoms with Crippen LogP contribution in [0.25, 0.3) is 0 Å². The van der Waals surface area contributed by atoms with Gasteiger partial charge in [0.2, 0.25) is 11.7 Å². The van der Waals surface area contributed by atoms with Crippen molar-refractivity contribution in [2.24, 2.45) is 5.73 Å². The Kier molecular flexibility index (Phi) is 3.48. The fourth-order valence-corrected chi connectivity index (χ4v) is 1.96. The Labute approximate surface area is 107 Å². The van der Waals surface area contributed by atoms with E-state index in [4.69, 9.17) is 5.73 Å². The molecule has 1 aliphatic heterocycles. The number of alkyl halides is 3. The lowest BCUT2D eigenvalue weighted by atomic mass is 10.2. The van der Waals surface area contributed by atoms with E-state index >= 15 is 0 Å². The monoisotopic (exact) mass is 277 g/mol. The lowest BCUT2D eigenvalue weighted by molar-refractivity contribution is -0.148. The number of amides is 1. The van der Waals surface area contributed by atoms with Crippen molar-refractivity contribution in [2.75, 3.05) is 6.54 Å². The second-order valence-corrected chi connectivity index (χ2v) is 4.36. The van der Waals surface area contributed by atoms with Crippen LogP contribution in [0.3, 0.4) is 0 Å². The summed E-state index contributed by atoms with van der Waals surface area (Å²) in [6.45, 7) is 1.99. The van der Waals surface area contributed by atoms with E-state index in [-0.39, 0.29) is 31.4 Å². The van der Waals surface area contributed by atoms with E-state index in [1.807, 2.05) is 0 Å². The van der Waals surface area contributed by atoms with E-state index in [1.54, 1.807) is 6.92 Å². The summed E-state index contributed by atoms with van der Waals surface area (Å²) in [5.41, 5.74) is 5.63. The van der Waals surface area contributed by atoms with Crippen LogP contribution in [0, 0.1) is 0 Å². The summed E-state index contributed by atoms with van der Waals surface area (Å²) in [6, 6.07) is -0.628. The number of hydrogen-bond donors (Lipinski definition) is 1. The highest BCUT2D eigenvalue weighted by Crippen LogP contribution is 2.29. The zero-order valence-corrected chi connectivity index (χ0v) is 10.3. The van der Waals surface area contributed by atoms with Gasteiger partial charge in [-0.2, -0.15) is 13.2 Å². The van der Waals surface area contributed by atoms with Gasteiger partial charge in [-0.05, 0) is 6.42 Å². The van der Waals surface area contributed by atoms with E-state index in [0.717, 1.165) is 4.57 Å². The van der Waals surface area contributed by atoms with Crippen LogP contribution < -0.4 is 5.73 Å². The molecular formula is C10H14F3N5O. The van der Waals surface area contributed by atoms with Crippen LogP contribution in [0.5, 0.6) is 0 Å². The highest BCUT2D eigenvalue weighted by atomic mass is 19.4. The number of rotatable bonds is 2. The van der Waals surface area contributed by atoms with Crippen molar-refractivity contribution in [2.45, 2.75) is 38.7 Å². The minimum Gasteiger partial charge on any atom is -0.332 e. The van der Waals surface area contributed by atoms with Crippen molar-refractivity contribution < 1.29 is 18.0 Å². The van der Waals surface area contributed by atoms with E-state index in [0.29, 0.717) is 6.42 Å². The maximum Gasteiger partial charge on any atom is 0.451 e. The highest BCUT2D eigenvalue weighted by Gasteiger charge is 2.40. The second kappa shape index (κ2) is 4.80. The van der Waals surface area contributed by atoms with Gasteiger partial charge >= 0.3 is 6.18 Å². The van der Waals surface area contributed by atoms with Crippen LogP contribution in [0.4, 0.5) is 13.2 Å². The van der Waals surface area contributed by atoms with Gasteiger partial charge in [0.25, 0.3) is 0 Å². The molecule has 0 unspecified atom stereocenters. The van der Waals surface area contributed by atoms with Gasteiger partial charge in [-0.1, -0.05) is 6.92 Å². The van der Waals surface area contributed by atoms with E-state index in [2.05, 4.69) is 10.2 Å². The molecule has 0 saturated heterocycles. The molecule has 0 aromatic carbocycles. The summed E-state index contributed by atoms with van der Waals surface area (Å²) in [5, 5.41) is 6.65. The summed E-state index contributed by atoms with van der Waals surface area (Å²) < 4.78 is 38.9. The third kappa shape index (κ3) is 2.55. The topological polar surface area (TPSA) is 77.0 Å². The summed E-state index contributed by atoms with van der Waals surface area (Å²) in [6.07, 6.45) is -4.05. The number of nitrogens with zero attached hydrogens (tertiary/aromatic N) is 4. The molecule has 1 atom stereocenters. The molecular weight excluding hydrogens is 263 g/mol. The Bertz CT molecular complexity index is 484. The Morgan fingerprint density at radius 2 is 2.11 bits per heavy atom. The standard InChI is InChI=1S/C10H14F3N5O/c1-2-6(14)8(19)17-3-4-18-7(5-17)15-16-9(18)10(11,12)13/h6H,2-5,14H2,1H3/t6-/m1/s1. The first-order valence-corrected chi connectivity index (χ1v) is 5.88. The quantitative estimate of drug-likeness (QED) is 0.847. The number of carbonyl (C=O) groups is 1. The predicted molar refractivity (Wildman–Crippen MR) is 58.7 cm³/mol. The first kappa shape index (κ1) is 13.8. The van der Waals surface area contributed by atoms with Crippen LogP contribution in [0.2, 0.25) is 0 Å². The number of carbonyl (C=O) groups excluding carboxylic acids is 1. The van der Waals surface area contributed by atoms with Gasteiger partial charge in [-0.3, -0.25) is 4.79 Å². The molecule has 2 N–H and O–H groups in total. The van der Waals surface area contributed by atoms with Gasteiger partial charge in [0.1, 0.15) is 0 Å². The Morgan fingerprint density at radius 1 is 1.42 bits per heavy atom. The number of hydrogen-bond acceptors (Lipinski definition) is 4. The molecule has 1 aromatic heterocycles. The van der Waals surface area contributed by atoms with Crippen LogP contribution in [-0.2, 0) is 24.1 Å². The third-order valence-corrected chi connectivity index (χ3v) is 3.08. The molecule has 0 fully saturated rings. The van der Waals surface area contributed by atoms with E-state index in [1.165, 1.54) is 4.90 Å². The first-order chi connectivity index (χ1) is 8.84. The Hall–Kier alpha value is -1.64. The van der Waals surface area contributed by atoms with Gasteiger partial charge in [0.05, 0.1) is 12.6 Å². The number of fused-ring (bicyclic) bond motifs is 1. The second-order valence-electron chi connectivity index (χ2n) is 4.36. The van der Waals surface area contributed by atoms with Gasteiger partial charge in [-0.25, -0.2) is 0 Å². The van der Waals surface area contributed by atoms with Gasteiger partial charge < -0.3 is 15.2 Å². The minimum atomic E-state index is -4.53. The van der Waals surface area contributed by atoms with Crippen molar-refractivity contribution >= 4 is 5.91 Å². The Morgan fingerprint density at radius 3 is 2.68 bits per heavy atom. The van der Waals surface area contributed by atoms with E-state index < -0.39 is 18.0 Å². The number of aromatic nitrogens is 3. The fourth-order valence-electron chi connectivity index (χ4n) is 1.96. The lowest BCUT2D eigenvalue weighted by Crippen LogP contribution is -2.47. The largest absolute Gasteiger partial charge is 0.451 e. The first-order valence-electron chi connectivity index (χ1n) is 5.88. The zero-order chi connectivity index (χ0) is 14.2. The third-order valence-electron chi connectivity index (χ3n) is 3.08. The SMILES string of the molecule is CC[C@@H](N)C(=O)N1CCn2c(nnc2C(F)(F)F)C1. The Balaban J connectivity index is 2.18. The normalized spacial score (nSPS) is 17.2. The summed E-state index contributed by atoms with van der Waals surface area (Å²) in [7, 11) is 0. The van der Waals surface area contributed by atoms with Gasteiger partial charge in [-0.15, -0.1) is 10.2 Å². The van der Waals surface area contributed by atoms with Gasteiger partial charge in [0, 0.05) is 13.1 Å². The van der Waals surface area contributed by atoms with Crippen molar-refractivity contribution in [3.05, 3.63) is 11.6 Å². The van der Waals surface area contributed by atoms with Crippen LogP contribution in [-0.4, -0.2) is 38.2 Å². The highest BCUT2D eigenvalue weighted by molar-refractivity contribution is 5.81. The molecule has 1 amide bonds.